The molecule has 0 aliphatic carbocycles. The molecule has 0 saturated carbocycles. The highest BCUT2D eigenvalue weighted by Crippen LogP contribution is 2.18. The molecule has 0 aromatic heterocycles. The van der Waals surface area contributed by atoms with E-state index in [1.54, 1.807) is 6.07 Å². The second-order valence-corrected chi connectivity index (χ2v) is 3.48. The van der Waals surface area contributed by atoms with Crippen LogP contribution in [0.3, 0.4) is 0 Å². The third-order valence-electron chi connectivity index (χ3n) is 2.39. The molecule has 0 bridgehead atoms. The Hall–Kier alpha value is -1.65. The summed E-state index contributed by atoms with van der Waals surface area (Å²) in [5, 5.41) is 17.8. The molecule has 4 heteroatoms. The Labute approximate surface area is 93.1 Å². The van der Waals surface area contributed by atoms with Crippen molar-refractivity contribution in [1.29, 1.82) is 0 Å². The maximum absolute atomic E-state index is 13.5. The lowest BCUT2D eigenvalue weighted by atomic mass is 9.79. The van der Waals surface area contributed by atoms with Gasteiger partial charge in [0, 0.05) is 5.46 Å². The Morgan fingerprint density at radius 2 is 1.56 bits per heavy atom. The van der Waals surface area contributed by atoms with Crippen molar-refractivity contribution in [2.24, 2.45) is 0 Å². The minimum absolute atomic E-state index is 0.111. The van der Waals surface area contributed by atoms with Crippen LogP contribution in [0.5, 0.6) is 0 Å². The predicted molar refractivity (Wildman–Crippen MR) is 61.7 cm³/mol. The maximum Gasteiger partial charge on any atom is 0.491 e. The number of hydrogen-bond donors (Lipinski definition) is 2. The zero-order valence-electron chi connectivity index (χ0n) is 8.47. The Kier molecular flexibility index (Phi) is 3.03. The van der Waals surface area contributed by atoms with Gasteiger partial charge in [0.2, 0.25) is 0 Å². The van der Waals surface area contributed by atoms with Crippen LogP contribution in [0.15, 0.2) is 48.5 Å². The van der Waals surface area contributed by atoms with Crippen molar-refractivity contribution in [1.82, 2.24) is 0 Å². The molecule has 0 amide bonds. The summed E-state index contributed by atoms with van der Waals surface area (Å²) in [4.78, 5) is 0. The van der Waals surface area contributed by atoms with Crippen molar-refractivity contribution >= 4 is 12.6 Å². The molecule has 0 aliphatic heterocycles. The summed E-state index contributed by atoms with van der Waals surface area (Å²) in [6.07, 6.45) is 0. The molecule has 80 valence electrons. The van der Waals surface area contributed by atoms with Gasteiger partial charge in [0.05, 0.1) is 0 Å². The van der Waals surface area contributed by atoms with Gasteiger partial charge in [-0.05, 0) is 17.2 Å². The summed E-state index contributed by atoms with van der Waals surface area (Å²) in [5.41, 5.74) is 1.49. The second kappa shape index (κ2) is 4.47. The Morgan fingerprint density at radius 3 is 2.12 bits per heavy atom. The summed E-state index contributed by atoms with van der Waals surface area (Å²) in [5.74, 6) is -0.614. The highest BCUT2D eigenvalue weighted by molar-refractivity contribution is 6.58. The number of halogens is 1. The monoisotopic (exact) mass is 216 g/mol. The molecular formula is C12H10BFO2. The first-order valence-corrected chi connectivity index (χ1v) is 4.89. The van der Waals surface area contributed by atoms with Crippen LogP contribution >= 0.6 is 0 Å². The minimum Gasteiger partial charge on any atom is -0.423 e. The molecular weight excluding hydrogens is 206 g/mol. The van der Waals surface area contributed by atoms with E-state index in [9.17, 15) is 4.39 Å². The van der Waals surface area contributed by atoms with Crippen molar-refractivity contribution in [3.05, 3.63) is 54.3 Å². The van der Waals surface area contributed by atoms with E-state index < -0.39 is 12.9 Å². The third kappa shape index (κ3) is 2.13. The smallest absolute Gasteiger partial charge is 0.423 e. The molecule has 2 aromatic carbocycles. The fraction of sp³-hybridized carbons (Fsp3) is 0. The van der Waals surface area contributed by atoms with Gasteiger partial charge in [-0.1, -0.05) is 42.5 Å². The minimum atomic E-state index is -1.77. The molecule has 0 heterocycles. The molecule has 0 radical (unpaired) electrons. The first-order chi connectivity index (χ1) is 7.68. The molecule has 2 N–H and O–H groups in total. The average molecular weight is 216 g/mol. The zero-order valence-corrected chi connectivity index (χ0v) is 8.47. The predicted octanol–water partition coefficient (Wildman–Crippen LogP) is 1.17. The standard InChI is InChI=1S/C12H10BFO2/c14-12-8-10(6-7-11(12)13(15)16)9-4-2-1-3-5-9/h1-8,15-16H. The SMILES string of the molecule is OB(O)c1ccc(-c2ccccc2)cc1F. The van der Waals surface area contributed by atoms with Gasteiger partial charge in [-0.3, -0.25) is 0 Å². The molecule has 0 atom stereocenters. The van der Waals surface area contributed by atoms with E-state index in [1.165, 1.54) is 12.1 Å². The number of hydrogen-bond acceptors (Lipinski definition) is 2. The largest absolute Gasteiger partial charge is 0.491 e. The molecule has 0 unspecified atom stereocenters. The average Bonchev–Trinajstić information content (AvgIpc) is 2.29. The van der Waals surface area contributed by atoms with Crippen LogP contribution in [0.4, 0.5) is 4.39 Å². The van der Waals surface area contributed by atoms with Crippen molar-refractivity contribution in [2.45, 2.75) is 0 Å². The fourth-order valence-corrected chi connectivity index (χ4v) is 1.55. The van der Waals surface area contributed by atoms with Gasteiger partial charge < -0.3 is 10.0 Å². The van der Waals surface area contributed by atoms with Crippen LogP contribution in [0.25, 0.3) is 11.1 Å². The van der Waals surface area contributed by atoms with Crippen LogP contribution in [0, 0.1) is 5.82 Å². The van der Waals surface area contributed by atoms with Crippen LogP contribution < -0.4 is 5.46 Å². The van der Waals surface area contributed by atoms with Crippen molar-refractivity contribution in [2.75, 3.05) is 0 Å². The topological polar surface area (TPSA) is 40.5 Å². The fourth-order valence-electron chi connectivity index (χ4n) is 1.55. The molecule has 0 fully saturated rings. The normalized spacial score (nSPS) is 10.2. The van der Waals surface area contributed by atoms with Crippen LogP contribution in [0.2, 0.25) is 0 Å². The Morgan fingerprint density at radius 1 is 0.875 bits per heavy atom. The summed E-state index contributed by atoms with van der Waals surface area (Å²) in [6, 6.07) is 13.7. The van der Waals surface area contributed by atoms with E-state index in [-0.39, 0.29) is 5.46 Å². The second-order valence-electron chi connectivity index (χ2n) is 3.48. The van der Waals surface area contributed by atoms with E-state index >= 15 is 0 Å². The highest BCUT2D eigenvalue weighted by Gasteiger charge is 2.16. The molecule has 2 aromatic rings. The molecule has 0 spiro atoms. The Bertz CT molecular complexity index is 486. The lowest BCUT2D eigenvalue weighted by Gasteiger charge is -2.05. The van der Waals surface area contributed by atoms with Gasteiger partial charge in [-0.25, -0.2) is 4.39 Å². The lowest BCUT2D eigenvalue weighted by molar-refractivity contribution is 0.423. The molecule has 0 saturated heterocycles. The van der Waals surface area contributed by atoms with Crippen molar-refractivity contribution in [3.8, 4) is 11.1 Å². The highest BCUT2D eigenvalue weighted by atomic mass is 19.1. The zero-order chi connectivity index (χ0) is 11.5. The van der Waals surface area contributed by atoms with Gasteiger partial charge in [0.15, 0.2) is 0 Å². The van der Waals surface area contributed by atoms with Crippen LogP contribution in [-0.2, 0) is 0 Å². The quantitative estimate of drug-likeness (QED) is 0.739. The molecule has 0 aliphatic rings. The van der Waals surface area contributed by atoms with E-state index in [2.05, 4.69) is 0 Å². The summed E-state index contributed by atoms with van der Waals surface area (Å²) >= 11 is 0. The Balaban J connectivity index is 2.43. The van der Waals surface area contributed by atoms with Gasteiger partial charge in [0.25, 0.3) is 0 Å². The van der Waals surface area contributed by atoms with Crippen LogP contribution in [-0.4, -0.2) is 17.2 Å². The molecule has 2 nitrogen and oxygen atoms in total. The van der Waals surface area contributed by atoms with Gasteiger partial charge >= 0.3 is 7.12 Å². The summed E-state index contributed by atoms with van der Waals surface area (Å²) < 4.78 is 13.5. The van der Waals surface area contributed by atoms with Crippen molar-refractivity contribution < 1.29 is 14.4 Å². The number of rotatable bonds is 2. The van der Waals surface area contributed by atoms with Gasteiger partial charge in [-0.15, -0.1) is 0 Å². The number of benzene rings is 2. The lowest BCUT2D eigenvalue weighted by Crippen LogP contribution is -2.32. The maximum atomic E-state index is 13.5. The summed E-state index contributed by atoms with van der Waals surface area (Å²) in [7, 11) is -1.77. The van der Waals surface area contributed by atoms with E-state index in [0.29, 0.717) is 5.56 Å². The molecule has 2 rings (SSSR count). The summed E-state index contributed by atoms with van der Waals surface area (Å²) in [6.45, 7) is 0. The van der Waals surface area contributed by atoms with Crippen LogP contribution in [0.1, 0.15) is 0 Å². The van der Waals surface area contributed by atoms with E-state index in [1.807, 2.05) is 30.3 Å². The van der Waals surface area contributed by atoms with E-state index in [4.69, 9.17) is 10.0 Å². The first-order valence-electron chi connectivity index (χ1n) is 4.89. The van der Waals surface area contributed by atoms with Gasteiger partial charge in [-0.2, -0.15) is 0 Å². The van der Waals surface area contributed by atoms with Gasteiger partial charge in [0.1, 0.15) is 5.82 Å². The first kappa shape index (κ1) is 10.9. The third-order valence-corrected chi connectivity index (χ3v) is 2.39. The van der Waals surface area contributed by atoms with Crippen molar-refractivity contribution in [3.63, 3.8) is 0 Å². The molecule has 16 heavy (non-hydrogen) atoms. The van der Waals surface area contributed by atoms with E-state index in [0.717, 1.165) is 5.56 Å².